The molecule has 0 radical (unpaired) electrons. The quantitative estimate of drug-likeness (QED) is 0.102. The third-order valence-corrected chi connectivity index (χ3v) is 4.26. The van der Waals surface area contributed by atoms with Crippen molar-refractivity contribution in [3.8, 4) is 0 Å². The minimum absolute atomic E-state index is 0.153. The van der Waals surface area contributed by atoms with Crippen LogP contribution in [-0.2, 0) is 24.0 Å². The van der Waals surface area contributed by atoms with E-state index < -0.39 is 60.2 Å². The summed E-state index contributed by atoms with van der Waals surface area (Å²) in [6, 6.07) is -4.54. The average molecular weight is 435 g/mol. The molecule has 166 valence electrons. The van der Waals surface area contributed by atoms with Gasteiger partial charge >= 0.3 is 5.97 Å². The van der Waals surface area contributed by atoms with Crippen LogP contribution in [0.5, 0.6) is 0 Å². The van der Waals surface area contributed by atoms with E-state index in [2.05, 4.69) is 28.6 Å². The number of primary amides is 1. The lowest BCUT2D eigenvalue weighted by molar-refractivity contribution is -0.143. The fourth-order valence-electron chi connectivity index (χ4n) is 2.19. The van der Waals surface area contributed by atoms with Crippen molar-refractivity contribution in [2.75, 3.05) is 12.3 Å². The van der Waals surface area contributed by atoms with E-state index in [0.717, 1.165) is 6.42 Å². The Kier molecular flexibility index (Phi) is 12.6. The topological polar surface area (TPSA) is 220 Å². The van der Waals surface area contributed by atoms with E-state index in [1.165, 1.54) is 6.92 Å². The van der Waals surface area contributed by atoms with Crippen LogP contribution >= 0.6 is 12.6 Å². The van der Waals surface area contributed by atoms with Gasteiger partial charge in [0.05, 0.1) is 12.5 Å². The summed E-state index contributed by atoms with van der Waals surface area (Å²) in [6.07, 6.45) is 1.20. The highest BCUT2D eigenvalue weighted by molar-refractivity contribution is 7.80. The Labute approximate surface area is 174 Å². The number of carboxylic acids is 1. The molecule has 0 saturated carbocycles. The smallest absolute Gasteiger partial charge is 0.326 e. The second-order valence-electron chi connectivity index (χ2n) is 6.43. The van der Waals surface area contributed by atoms with Crippen LogP contribution in [0.2, 0.25) is 0 Å². The monoisotopic (exact) mass is 434 g/mol. The minimum Gasteiger partial charge on any atom is -0.480 e. The van der Waals surface area contributed by atoms with Gasteiger partial charge in [0.15, 0.2) is 0 Å². The van der Waals surface area contributed by atoms with Gasteiger partial charge in [-0.25, -0.2) is 4.79 Å². The molecule has 0 spiro atoms. The first-order valence-corrected chi connectivity index (χ1v) is 9.65. The average Bonchev–Trinajstić information content (AvgIpc) is 2.64. The molecule has 0 aromatic heterocycles. The number of carboxylic acid groups (broad SMARTS) is 1. The number of carbonyl (C=O) groups is 5. The molecule has 10 N–H and O–H groups in total. The molecule has 4 atom stereocenters. The lowest BCUT2D eigenvalue weighted by Crippen LogP contribution is -2.57. The van der Waals surface area contributed by atoms with E-state index >= 15 is 0 Å². The molecule has 0 rings (SSSR count). The maximum atomic E-state index is 12.2. The van der Waals surface area contributed by atoms with Crippen molar-refractivity contribution in [1.82, 2.24) is 16.0 Å². The van der Waals surface area contributed by atoms with Crippen LogP contribution < -0.4 is 33.2 Å². The summed E-state index contributed by atoms with van der Waals surface area (Å²) >= 11 is 3.96. The summed E-state index contributed by atoms with van der Waals surface area (Å²) in [4.78, 5) is 58.5. The molecule has 0 aromatic rings. The molecule has 12 nitrogen and oxygen atoms in total. The lowest BCUT2D eigenvalue weighted by atomic mass is 10.1. The van der Waals surface area contributed by atoms with Crippen molar-refractivity contribution in [3.05, 3.63) is 0 Å². The number of rotatable bonds is 14. The summed E-state index contributed by atoms with van der Waals surface area (Å²) in [6.45, 7) is 1.89. The Morgan fingerprint density at radius 1 is 0.966 bits per heavy atom. The molecule has 0 bridgehead atoms. The molecule has 0 heterocycles. The Morgan fingerprint density at radius 2 is 1.55 bits per heavy atom. The first-order valence-electron chi connectivity index (χ1n) is 9.02. The highest BCUT2D eigenvalue weighted by Crippen LogP contribution is 2.00. The fraction of sp³-hybridized carbons (Fsp3) is 0.688. The molecule has 0 aromatic carbocycles. The van der Waals surface area contributed by atoms with Crippen LogP contribution in [0.25, 0.3) is 0 Å². The van der Waals surface area contributed by atoms with Crippen LogP contribution in [0.4, 0.5) is 0 Å². The molecule has 4 amide bonds. The van der Waals surface area contributed by atoms with Gasteiger partial charge in [-0.2, -0.15) is 12.6 Å². The fourth-order valence-corrected chi connectivity index (χ4v) is 2.45. The molecule has 4 unspecified atom stereocenters. The predicted octanol–water partition coefficient (Wildman–Crippen LogP) is -3.19. The summed E-state index contributed by atoms with van der Waals surface area (Å²) in [7, 11) is 0. The minimum atomic E-state index is -1.54. The lowest BCUT2D eigenvalue weighted by Gasteiger charge is -2.22. The number of nitrogens with two attached hydrogens (primary N) is 3. The summed E-state index contributed by atoms with van der Waals surface area (Å²) in [5.41, 5.74) is 16.1. The zero-order valence-corrected chi connectivity index (χ0v) is 17.1. The molecule has 0 saturated heterocycles. The molecule has 0 aliphatic rings. The van der Waals surface area contributed by atoms with Crippen molar-refractivity contribution in [2.45, 2.75) is 56.8 Å². The van der Waals surface area contributed by atoms with Gasteiger partial charge in [0.1, 0.15) is 18.1 Å². The highest BCUT2D eigenvalue weighted by Gasteiger charge is 2.28. The Balaban J connectivity index is 4.75. The number of unbranched alkanes of at least 4 members (excludes halogenated alkanes) is 1. The van der Waals surface area contributed by atoms with Gasteiger partial charge in [-0.15, -0.1) is 0 Å². The summed E-state index contributed by atoms with van der Waals surface area (Å²) in [5, 5.41) is 15.9. The molecule has 0 aliphatic heterocycles. The van der Waals surface area contributed by atoms with Crippen LogP contribution in [0, 0.1) is 0 Å². The number of hydrogen-bond donors (Lipinski definition) is 8. The van der Waals surface area contributed by atoms with E-state index in [4.69, 9.17) is 22.3 Å². The van der Waals surface area contributed by atoms with Gasteiger partial charge < -0.3 is 38.3 Å². The SMILES string of the molecule is CC(NC(=O)C(N)CCCCN)C(=O)NC(CS)C(=O)NC(CC(N)=O)C(=O)O. The predicted molar refractivity (Wildman–Crippen MR) is 108 cm³/mol. The van der Waals surface area contributed by atoms with Gasteiger partial charge in [-0.3, -0.25) is 19.2 Å². The number of nitrogens with one attached hydrogen (secondary N) is 3. The van der Waals surface area contributed by atoms with Crippen LogP contribution in [0.1, 0.15) is 32.6 Å². The van der Waals surface area contributed by atoms with E-state index in [1.807, 2.05) is 0 Å². The summed E-state index contributed by atoms with van der Waals surface area (Å²) < 4.78 is 0. The Morgan fingerprint density at radius 3 is 2.03 bits per heavy atom. The molecule has 13 heteroatoms. The zero-order valence-electron chi connectivity index (χ0n) is 16.2. The normalized spacial score (nSPS) is 14.8. The Hall–Kier alpha value is -2.38. The molecule has 29 heavy (non-hydrogen) atoms. The van der Waals surface area contributed by atoms with Gasteiger partial charge in [0.25, 0.3) is 0 Å². The molecular formula is C16H30N6O6S. The summed E-state index contributed by atoms with van der Waals surface area (Å²) in [5.74, 6) is -4.60. The second-order valence-corrected chi connectivity index (χ2v) is 6.80. The second kappa shape index (κ2) is 13.7. The zero-order chi connectivity index (χ0) is 22.6. The van der Waals surface area contributed by atoms with Crippen LogP contribution in [-0.4, -0.2) is 71.2 Å². The third-order valence-electron chi connectivity index (χ3n) is 3.89. The molecule has 0 aliphatic carbocycles. The van der Waals surface area contributed by atoms with Crippen LogP contribution in [0.3, 0.4) is 0 Å². The number of amides is 4. The van der Waals surface area contributed by atoms with Crippen molar-refractivity contribution < 1.29 is 29.1 Å². The number of thiol groups is 1. The molecule has 0 fully saturated rings. The van der Waals surface area contributed by atoms with E-state index in [9.17, 15) is 24.0 Å². The standard InChI is InChI=1S/C16H30N6O6S/c1-8(20-14(25)9(18)4-2-3-5-17)13(24)22-11(7-29)15(26)21-10(16(27)28)6-12(19)23/h8-11,29H,2-7,17-18H2,1H3,(H2,19,23)(H,20,25)(H,21,26)(H,22,24)(H,27,28). The maximum absolute atomic E-state index is 12.2. The van der Waals surface area contributed by atoms with Gasteiger partial charge in [-0.1, -0.05) is 6.42 Å². The third kappa shape index (κ3) is 10.7. The van der Waals surface area contributed by atoms with Crippen molar-refractivity contribution >= 4 is 42.2 Å². The van der Waals surface area contributed by atoms with Gasteiger partial charge in [-0.05, 0) is 26.3 Å². The van der Waals surface area contributed by atoms with E-state index in [1.54, 1.807) is 0 Å². The Bertz CT molecular complexity index is 604. The van der Waals surface area contributed by atoms with Gasteiger partial charge in [0.2, 0.25) is 23.6 Å². The molecular weight excluding hydrogens is 404 g/mol. The van der Waals surface area contributed by atoms with E-state index in [-0.39, 0.29) is 5.75 Å². The van der Waals surface area contributed by atoms with Crippen molar-refractivity contribution in [1.29, 1.82) is 0 Å². The van der Waals surface area contributed by atoms with Gasteiger partial charge in [0, 0.05) is 5.75 Å². The van der Waals surface area contributed by atoms with Crippen molar-refractivity contribution in [3.63, 3.8) is 0 Å². The van der Waals surface area contributed by atoms with Crippen molar-refractivity contribution in [2.24, 2.45) is 17.2 Å². The van der Waals surface area contributed by atoms with E-state index in [0.29, 0.717) is 19.4 Å². The largest absolute Gasteiger partial charge is 0.480 e. The first-order chi connectivity index (χ1) is 13.5. The highest BCUT2D eigenvalue weighted by atomic mass is 32.1. The number of hydrogen-bond acceptors (Lipinski definition) is 8. The number of aliphatic carboxylic acids is 1. The number of carbonyl (C=O) groups excluding carboxylic acids is 4. The first kappa shape index (κ1) is 26.6. The maximum Gasteiger partial charge on any atom is 0.326 e. The van der Waals surface area contributed by atoms with Crippen LogP contribution in [0.15, 0.2) is 0 Å².